The Hall–Kier alpha value is -1.40. The van der Waals surface area contributed by atoms with Gasteiger partial charge in [0, 0.05) is 37.3 Å². The zero-order valence-electron chi connectivity index (χ0n) is 15.7. The minimum absolute atomic E-state index is 0.0391. The quantitative estimate of drug-likeness (QED) is 0.853. The number of aliphatic hydroxyl groups excluding tert-OH is 1. The van der Waals surface area contributed by atoms with Crippen LogP contribution in [0.2, 0.25) is 0 Å². The van der Waals surface area contributed by atoms with Gasteiger partial charge in [0.1, 0.15) is 0 Å². The summed E-state index contributed by atoms with van der Waals surface area (Å²) in [7, 11) is 0. The highest BCUT2D eigenvalue weighted by atomic mass is 16.3. The van der Waals surface area contributed by atoms with E-state index >= 15 is 0 Å². The van der Waals surface area contributed by atoms with Crippen LogP contribution in [0, 0.1) is 12.3 Å². The number of likely N-dealkylation sites (tertiary alicyclic amines) is 2. The van der Waals surface area contributed by atoms with E-state index in [-0.39, 0.29) is 17.9 Å². The highest BCUT2D eigenvalue weighted by Crippen LogP contribution is 2.33. The lowest BCUT2D eigenvalue weighted by molar-refractivity contribution is 0.0178. The van der Waals surface area contributed by atoms with Crippen molar-refractivity contribution >= 4 is 5.91 Å². The van der Waals surface area contributed by atoms with Crippen LogP contribution >= 0.6 is 0 Å². The summed E-state index contributed by atoms with van der Waals surface area (Å²) in [5, 5.41) is 14.4. The smallest absolute Gasteiger partial charge is 0.257 e. The van der Waals surface area contributed by atoms with E-state index in [1.807, 2.05) is 16.5 Å². The van der Waals surface area contributed by atoms with Crippen molar-refractivity contribution in [2.45, 2.75) is 52.5 Å². The molecule has 0 unspecified atom stereocenters. The molecule has 0 spiro atoms. The topological polar surface area (TPSA) is 61.6 Å². The Morgan fingerprint density at radius 3 is 2.52 bits per heavy atom. The number of hydrogen-bond donors (Lipinski definition) is 1. The molecule has 1 amide bonds. The molecule has 1 aromatic rings. The Balaban J connectivity index is 1.61. The maximum atomic E-state index is 12.9. The molecular formula is C19H32N4O2. The zero-order chi connectivity index (χ0) is 17.9. The van der Waals surface area contributed by atoms with Crippen LogP contribution in [0.15, 0.2) is 6.20 Å². The molecule has 0 atom stereocenters. The highest BCUT2D eigenvalue weighted by molar-refractivity contribution is 5.95. The van der Waals surface area contributed by atoms with Gasteiger partial charge in [-0.1, -0.05) is 6.92 Å². The minimum Gasteiger partial charge on any atom is -0.396 e. The van der Waals surface area contributed by atoms with Crippen LogP contribution in [-0.2, 0) is 6.54 Å². The summed E-state index contributed by atoms with van der Waals surface area (Å²) in [6.07, 6.45) is 7.03. The molecule has 2 aliphatic heterocycles. The standard InChI is InChI=1S/C19H32N4O2/c1-3-8-23-16(2)17(13-20-23)18(25)22-11-6-19(15-24,7-12-22)14-21-9-4-5-10-21/h13,24H,3-12,14-15H2,1-2H3. The van der Waals surface area contributed by atoms with E-state index < -0.39 is 0 Å². The Morgan fingerprint density at radius 1 is 1.24 bits per heavy atom. The normalized spacial score (nSPS) is 21.0. The SMILES string of the molecule is CCCn1ncc(C(=O)N2CCC(CO)(CN3CCCC3)CC2)c1C. The maximum Gasteiger partial charge on any atom is 0.257 e. The van der Waals surface area contributed by atoms with Gasteiger partial charge >= 0.3 is 0 Å². The number of carbonyl (C=O) groups is 1. The summed E-state index contributed by atoms with van der Waals surface area (Å²) in [5.41, 5.74) is 1.65. The van der Waals surface area contributed by atoms with Crippen molar-refractivity contribution in [3.05, 3.63) is 17.5 Å². The van der Waals surface area contributed by atoms with Gasteiger partial charge in [0.25, 0.3) is 5.91 Å². The van der Waals surface area contributed by atoms with Crippen LogP contribution < -0.4 is 0 Å². The number of piperidine rings is 1. The second kappa shape index (κ2) is 7.87. The van der Waals surface area contributed by atoms with Crippen molar-refractivity contribution in [3.8, 4) is 0 Å². The van der Waals surface area contributed by atoms with E-state index in [2.05, 4.69) is 16.9 Å². The van der Waals surface area contributed by atoms with E-state index in [4.69, 9.17) is 0 Å². The van der Waals surface area contributed by atoms with Crippen molar-refractivity contribution < 1.29 is 9.90 Å². The van der Waals surface area contributed by atoms with Gasteiger partial charge < -0.3 is 14.9 Å². The first-order valence-electron chi connectivity index (χ1n) is 9.73. The second-order valence-corrected chi connectivity index (χ2v) is 7.80. The van der Waals surface area contributed by atoms with E-state index in [1.54, 1.807) is 6.20 Å². The Kier molecular flexibility index (Phi) is 5.79. The van der Waals surface area contributed by atoms with E-state index in [0.717, 1.165) is 69.8 Å². The average Bonchev–Trinajstić information content (AvgIpc) is 3.26. The number of rotatable bonds is 6. The summed E-state index contributed by atoms with van der Waals surface area (Å²) in [6.45, 7) is 9.89. The monoisotopic (exact) mass is 348 g/mol. The Labute approximate surface area is 150 Å². The van der Waals surface area contributed by atoms with Gasteiger partial charge in [0.15, 0.2) is 0 Å². The molecular weight excluding hydrogens is 316 g/mol. The van der Waals surface area contributed by atoms with Crippen molar-refractivity contribution in [2.24, 2.45) is 5.41 Å². The molecule has 6 heteroatoms. The van der Waals surface area contributed by atoms with E-state index in [9.17, 15) is 9.90 Å². The molecule has 3 heterocycles. The molecule has 140 valence electrons. The van der Waals surface area contributed by atoms with Gasteiger partial charge in [-0.15, -0.1) is 0 Å². The van der Waals surface area contributed by atoms with Crippen LogP contribution in [0.25, 0.3) is 0 Å². The fourth-order valence-electron chi connectivity index (χ4n) is 4.23. The Morgan fingerprint density at radius 2 is 1.92 bits per heavy atom. The number of aliphatic hydroxyl groups is 1. The number of carbonyl (C=O) groups excluding carboxylic acids is 1. The number of hydrogen-bond acceptors (Lipinski definition) is 4. The van der Waals surface area contributed by atoms with Crippen LogP contribution in [0.3, 0.4) is 0 Å². The number of amides is 1. The first-order chi connectivity index (χ1) is 12.1. The van der Waals surface area contributed by atoms with Crippen molar-refractivity contribution in [3.63, 3.8) is 0 Å². The third-order valence-corrected chi connectivity index (χ3v) is 5.97. The fraction of sp³-hybridized carbons (Fsp3) is 0.789. The van der Waals surface area contributed by atoms with Gasteiger partial charge in [-0.2, -0.15) is 5.10 Å². The molecule has 0 aliphatic carbocycles. The zero-order valence-corrected chi connectivity index (χ0v) is 15.7. The largest absolute Gasteiger partial charge is 0.396 e. The van der Waals surface area contributed by atoms with Gasteiger partial charge in [-0.3, -0.25) is 9.48 Å². The summed E-state index contributed by atoms with van der Waals surface area (Å²) >= 11 is 0. The molecule has 6 nitrogen and oxygen atoms in total. The number of aryl methyl sites for hydroxylation is 1. The lowest BCUT2D eigenvalue weighted by atomic mass is 9.78. The first kappa shape index (κ1) is 18.4. The van der Waals surface area contributed by atoms with Gasteiger partial charge in [0.2, 0.25) is 0 Å². The summed E-state index contributed by atoms with van der Waals surface area (Å²) in [4.78, 5) is 17.3. The van der Waals surface area contributed by atoms with Crippen LogP contribution in [0.1, 0.15) is 55.1 Å². The molecule has 3 rings (SSSR count). The van der Waals surface area contributed by atoms with Crippen LogP contribution in [-0.4, -0.2) is 69.9 Å². The van der Waals surface area contributed by atoms with Crippen molar-refractivity contribution in [2.75, 3.05) is 39.3 Å². The molecule has 0 saturated carbocycles. The van der Waals surface area contributed by atoms with Crippen molar-refractivity contribution in [1.82, 2.24) is 19.6 Å². The first-order valence-corrected chi connectivity index (χ1v) is 9.73. The van der Waals surface area contributed by atoms with Crippen LogP contribution in [0.5, 0.6) is 0 Å². The van der Waals surface area contributed by atoms with Crippen molar-refractivity contribution in [1.29, 1.82) is 0 Å². The lowest BCUT2D eigenvalue weighted by Gasteiger charge is -2.42. The molecule has 2 fully saturated rings. The number of nitrogens with zero attached hydrogens (tertiary/aromatic N) is 4. The Bertz CT molecular complexity index is 584. The summed E-state index contributed by atoms with van der Waals surface area (Å²) in [5.74, 6) is 0.0903. The molecule has 25 heavy (non-hydrogen) atoms. The molecule has 2 saturated heterocycles. The highest BCUT2D eigenvalue weighted by Gasteiger charge is 2.38. The molecule has 2 aliphatic rings. The lowest BCUT2D eigenvalue weighted by Crippen LogP contribution is -2.49. The van der Waals surface area contributed by atoms with E-state index in [0.29, 0.717) is 0 Å². The predicted molar refractivity (Wildman–Crippen MR) is 97.6 cm³/mol. The second-order valence-electron chi connectivity index (χ2n) is 7.80. The third kappa shape index (κ3) is 3.90. The fourth-order valence-corrected chi connectivity index (χ4v) is 4.23. The van der Waals surface area contributed by atoms with Gasteiger partial charge in [0.05, 0.1) is 18.4 Å². The molecule has 1 aromatic heterocycles. The minimum atomic E-state index is -0.0391. The molecule has 1 N–H and O–H groups in total. The summed E-state index contributed by atoms with van der Waals surface area (Å²) < 4.78 is 1.92. The molecule has 0 aromatic carbocycles. The molecule has 0 radical (unpaired) electrons. The summed E-state index contributed by atoms with van der Waals surface area (Å²) in [6, 6.07) is 0. The van der Waals surface area contributed by atoms with E-state index in [1.165, 1.54) is 12.8 Å². The van der Waals surface area contributed by atoms with Gasteiger partial charge in [-0.25, -0.2) is 0 Å². The van der Waals surface area contributed by atoms with Gasteiger partial charge in [-0.05, 0) is 52.1 Å². The average molecular weight is 348 g/mol. The molecule has 0 bridgehead atoms. The maximum absolute atomic E-state index is 12.9. The number of aromatic nitrogens is 2. The predicted octanol–water partition coefficient (Wildman–Crippen LogP) is 1.91. The third-order valence-electron chi connectivity index (χ3n) is 5.97. The van der Waals surface area contributed by atoms with Crippen LogP contribution in [0.4, 0.5) is 0 Å².